The third-order valence-electron chi connectivity index (χ3n) is 4.31. The molecule has 0 unspecified atom stereocenters. The molecule has 0 fully saturated rings. The molecule has 0 atom stereocenters. The molecule has 2 aromatic heterocycles. The maximum atomic E-state index is 12.8. The number of nitrogens with zero attached hydrogens (tertiary/aromatic N) is 2. The Kier molecular flexibility index (Phi) is 4.99. The highest BCUT2D eigenvalue weighted by Crippen LogP contribution is 2.29. The molecule has 0 saturated heterocycles. The normalized spacial score (nSPS) is 10.9. The highest BCUT2D eigenvalue weighted by molar-refractivity contribution is 7.17. The first kappa shape index (κ1) is 17.4. The van der Waals surface area contributed by atoms with Crippen molar-refractivity contribution >= 4 is 27.5 Å². The second kappa shape index (κ2) is 7.19. The molecule has 2 heterocycles. The fourth-order valence-corrected chi connectivity index (χ4v) is 3.63. The van der Waals surface area contributed by atoms with Gasteiger partial charge in [-0.25, -0.2) is 0 Å². The molecule has 132 valence electrons. The van der Waals surface area contributed by atoms with Crippen LogP contribution in [0.2, 0.25) is 0 Å². The lowest BCUT2D eigenvalue weighted by molar-refractivity contribution is 0.0793. The van der Waals surface area contributed by atoms with Gasteiger partial charge in [0, 0.05) is 26.2 Å². The molecule has 0 aliphatic rings. The van der Waals surface area contributed by atoms with Crippen LogP contribution in [0.5, 0.6) is 11.5 Å². The third-order valence-corrected chi connectivity index (χ3v) is 5.17. The predicted molar refractivity (Wildman–Crippen MR) is 101 cm³/mol. The van der Waals surface area contributed by atoms with E-state index in [-0.39, 0.29) is 5.91 Å². The molecule has 0 bridgehead atoms. The van der Waals surface area contributed by atoms with Gasteiger partial charge < -0.3 is 18.9 Å². The summed E-state index contributed by atoms with van der Waals surface area (Å²) < 4.78 is 13.9. The van der Waals surface area contributed by atoms with Crippen molar-refractivity contribution in [3.8, 4) is 11.5 Å². The van der Waals surface area contributed by atoms with Crippen molar-refractivity contribution in [2.24, 2.45) is 0 Å². The number of carbonyl (C=O) groups is 1. The monoisotopic (exact) mass is 358 g/mol. The second-order valence-electron chi connectivity index (χ2n) is 5.83. The third kappa shape index (κ3) is 3.35. The van der Waals surface area contributed by atoms with Crippen LogP contribution in [0, 0.1) is 0 Å². The molecule has 25 heavy (non-hydrogen) atoms. The van der Waals surface area contributed by atoms with Crippen LogP contribution in [-0.4, -0.2) is 43.2 Å². The minimum atomic E-state index is 0.0285. The second-order valence-corrected chi connectivity index (χ2v) is 6.77. The summed E-state index contributed by atoms with van der Waals surface area (Å²) >= 11 is 1.64. The number of amides is 1. The minimum absolute atomic E-state index is 0.0285. The van der Waals surface area contributed by atoms with Crippen LogP contribution in [0.25, 0.3) is 10.2 Å². The van der Waals surface area contributed by atoms with E-state index in [1.807, 2.05) is 43.6 Å². The van der Waals surface area contributed by atoms with Crippen LogP contribution < -0.4 is 9.47 Å². The lowest BCUT2D eigenvalue weighted by atomic mass is 10.2. The van der Waals surface area contributed by atoms with Gasteiger partial charge in [-0.1, -0.05) is 0 Å². The van der Waals surface area contributed by atoms with E-state index in [4.69, 9.17) is 9.47 Å². The molecular formula is C19H22N2O3S. The van der Waals surface area contributed by atoms with Gasteiger partial charge in [-0.3, -0.25) is 4.79 Å². The summed E-state index contributed by atoms with van der Waals surface area (Å²) in [6.45, 7) is 3.22. The summed E-state index contributed by atoms with van der Waals surface area (Å²) in [6.07, 6.45) is 0. The Balaban J connectivity index is 2.06. The largest absolute Gasteiger partial charge is 0.497 e. The Hall–Kier alpha value is -2.47. The van der Waals surface area contributed by atoms with Crippen molar-refractivity contribution in [2.45, 2.75) is 13.5 Å². The Labute approximate surface area is 151 Å². The zero-order valence-corrected chi connectivity index (χ0v) is 15.7. The van der Waals surface area contributed by atoms with Gasteiger partial charge in [0.25, 0.3) is 5.91 Å². The predicted octanol–water partition coefficient (Wildman–Crippen LogP) is 3.86. The molecule has 1 amide bonds. The maximum absolute atomic E-state index is 12.8. The van der Waals surface area contributed by atoms with Gasteiger partial charge in [-0.15, -0.1) is 11.3 Å². The number of hydrogen-bond donors (Lipinski definition) is 0. The first-order valence-corrected chi connectivity index (χ1v) is 8.99. The van der Waals surface area contributed by atoms with E-state index in [1.165, 1.54) is 0 Å². The van der Waals surface area contributed by atoms with Crippen molar-refractivity contribution in [1.29, 1.82) is 0 Å². The average molecular weight is 358 g/mol. The van der Waals surface area contributed by atoms with Gasteiger partial charge in [-0.05, 0) is 42.1 Å². The zero-order valence-electron chi connectivity index (χ0n) is 14.9. The van der Waals surface area contributed by atoms with Crippen LogP contribution in [-0.2, 0) is 6.54 Å². The quantitative estimate of drug-likeness (QED) is 0.672. The number of rotatable bonds is 6. The summed E-state index contributed by atoms with van der Waals surface area (Å²) in [5, 5.41) is 2.05. The zero-order chi connectivity index (χ0) is 18.0. The molecule has 0 N–H and O–H groups in total. The first-order valence-electron chi connectivity index (χ1n) is 8.11. The molecule has 5 nitrogen and oxygen atoms in total. The highest BCUT2D eigenvalue weighted by atomic mass is 32.1. The molecule has 0 aliphatic heterocycles. The summed E-state index contributed by atoms with van der Waals surface area (Å²) in [5.41, 5.74) is 2.79. The first-order chi connectivity index (χ1) is 12.1. The van der Waals surface area contributed by atoms with Crippen molar-refractivity contribution in [3.05, 3.63) is 47.0 Å². The molecule has 1 aromatic carbocycles. The topological polar surface area (TPSA) is 43.7 Å². The van der Waals surface area contributed by atoms with Crippen molar-refractivity contribution in [1.82, 2.24) is 9.47 Å². The number of aromatic nitrogens is 1. The van der Waals surface area contributed by atoms with Crippen LogP contribution in [0.1, 0.15) is 23.0 Å². The molecule has 3 rings (SSSR count). The molecule has 3 aromatic rings. The number of benzene rings is 1. The average Bonchev–Trinajstić information content (AvgIpc) is 3.22. The van der Waals surface area contributed by atoms with Gasteiger partial charge in [0.05, 0.1) is 24.4 Å². The van der Waals surface area contributed by atoms with E-state index < -0.39 is 0 Å². The number of thiophene rings is 1. The number of ether oxygens (including phenoxy) is 2. The van der Waals surface area contributed by atoms with Crippen molar-refractivity contribution in [2.75, 3.05) is 27.8 Å². The van der Waals surface area contributed by atoms with Crippen LogP contribution in [0.4, 0.5) is 0 Å². The fourth-order valence-electron chi connectivity index (χ4n) is 2.80. The van der Waals surface area contributed by atoms with E-state index in [9.17, 15) is 4.79 Å². The number of carbonyl (C=O) groups excluding carboxylic acids is 1. The summed E-state index contributed by atoms with van der Waals surface area (Å²) in [5.74, 6) is 1.50. The molecule has 0 spiro atoms. The van der Waals surface area contributed by atoms with E-state index in [2.05, 4.69) is 10.6 Å². The van der Waals surface area contributed by atoms with Crippen LogP contribution in [0.15, 0.2) is 35.7 Å². The van der Waals surface area contributed by atoms with E-state index in [0.29, 0.717) is 18.8 Å². The van der Waals surface area contributed by atoms with E-state index >= 15 is 0 Å². The van der Waals surface area contributed by atoms with Gasteiger partial charge >= 0.3 is 0 Å². The van der Waals surface area contributed by atoms with Gasteiger partial charge in [0.1, 0.15) is 17.2 Å². The highest BCUT2D eigenvalue weighted by Gasteiger charge is 2.19. The molecule has 0 saturated carbocycles. The Bertz CT molecular complexity index is 875. The Morgan fingerprint density at radius 1 is 1.16 bits per heavy atom. The molecular weight excluding hydrogens is 336 g/mol. The van der Waals surface area contributed by atoms with Crippen molar-refractivity contribution < 1.29 is 14.3 Å². The minimum Gasteiger partial charge on any atom is -0.497 e. The Morgan fingerprint density at radius 3 is 2.44 bits per heavy atom. The summed E-state index contributed by atoms with van der Waals surface area (Å²) in [4.78, 5) is 14.5. The summed E-state index contributed by atoms with van der Waals surface area (Å²) in [6, 6.07) is 9.82. The van der Waals surface area contributed by atoms with E-state index in [1.54, 1.807) is 30.5 Å². The summed E-state index contributed by atoms with van der Waals surface area (Å²) in [7, 11) is 5.09. The number of fused-ring (bicyclic) bond motifs is 1. The van der Waals surface area contributed by atoms with E-state index in [0.717, 1.165) is 27.3 Å². The van der Waals surface area contributed by atoms with Crippen molar-refractivity contribution in [3.63, 3.8) is 0 Å². The SMILES string of the molecule is CCN(C)C(=O)c1cc2sccc2n1Cc1cc(OC)cc(OC)c1. The molecule has 0 aliphatic carbocycles. The smallest absolute Gasteiger partial charge is 0.270 e. The number of methoxy groups -OCH3 is 2. The maximum Gasteiger partial charge on any atom is 0.270 e. The fraction of sp³-hybridized carbons (Fsp3) is 0.316. The van der Waals surface area contributed by atoms with Gasteiger partial charge in [0.2, 0.25) is 0 Å². The molecule has 0 radical (unpaired) electrons. The van der Waals surface area contributed by atoms with Crippen LogP contribution >= 0.6 is 11.3 Å². The van der Waals surface area contributed by atoms with Crippen LogP contribution in [0.3, 0.4) is 0 Å². The molecule has 6 heteroatoms. The number of hydrogen-bond acceptors (Lipinski definition) is 4. The van der Waals surface area contributed by atoms with Gasteiger partial charge in [0.15, 0.2) is 0 Å². The lowest BCUT2D eigenvalue weighted by Gasteiger charge is -2.17. The van der Waals surface area contributed by atoms with Gasteiger partial charge in [-0.2, -0.15) is 0 Å². The standard InChI is InChI=1S/C19H22N2O3S/c1-5-20(2)19(22)17-11-18-16(6-7-25-18)21(17)12-13-8-14(23-3)10-15(9-13)24-4/h6-11H,5,12H2,1-4H3. The lowest BCUT2D eigenvalue weighted by Crippen LogP contribution is -2.28. The Morgan fingerprint density at radius 2 is 1.84 bits per heavy atom.